The largest absolute Gasteiger partial charge is 0.321 e. The molecule has 4 nitrogen and oxygen atoms in total. The van der Waals surface area contributed by atoms with Gasteiger partial charge in [-0.3, -0.25) is 0 Å². The average Bonchev–Trinajstić information content (AvgIpc) is 3.20. The third kappa shape index (κ3) is 2.68. The molecule has 0 amide bonds. The summed E-state index contributed by atoms with van der Waals surface area (Å²) < 4.78 is 2.23. The van der Waals surface area contributed by atoms with Crippen LogP contribution in [0.2, 0.25) is 0 Å². The highest BCUT2D eigenvalue weighted by Gasteiger charge is 2.29. The molecule has 1 fully saturated rings. The first-order valence-corrected chi connectivity index (χ1v) is 6.96. The highest BCUT2D eigenvalue weighted by atomic mass is 15.3. The Bertz CT molecular complexity index is 543. The van der Waals surface area contributed by atoms with Crippen molar-refractivity contribution in [1.29, 1.82) is 0 Å². The van der Waals surface area contributed by atoms with E-state index in [1.807, 2.05) is 13.0 Å². The Balaban J connectivity index is 1.69. The molecule has 0 bridgehead atoms. The minimum absolute atomic E-state index is 0.0259. The molecule has 0 spiro atoms. The predicted molar refractivity (Wildman–Crippen MR) is 74.7 cm³/mol. The summed E-state index contributed by atoms with van der Waals surface area (Å²) in [6.07, 6.45) is 4.36. The van der Waals surface area contributed by atoms with Gasteiger partial charge in [0.25, 0.3) is 0 Å². The second-order valence-corrected chi connectivity index (χ2v) is 5.34. The van der Waals surface area contributed by atoms with E-state index in [2.05, 4.69) is 39.0 Å². The van der Waals surface area contributed by atoms with Crippen molar-refractivity contribution in [3.8, 4) is 0 Å². The fraction of sp³-hybridized carbons (Fsp3) is 0.467. The van der Waals surface area contributed by atoms with Gasteiger partial charge in [0.15, 0.2) is 0 Å². The second kappa shape index (κ2) is 5.13. The van der Waals surface area contributed by atoms with Gasteiger partial charge in [0.1, 0.15) is 11.6 Å². The summed E-state index contributed by atoms with van der Waals surface area (Å²) in [5.41, 5.74) is 7.63. The van der Waals surface area contributed by atoms with E-state index < -0.39 is 0 Å². The lowest BCUT2D eigenvalue weighted by Crippen LogP contribution is -2.17. The Morgan fingerprint density at radius 2 is 2.00 bits per heavy atom. The van der Waals surface area contributed by atoms with Crippen LogP contribution in [0, 0.1) is 6.92 Å². The van der Waals surface area contributed by atoms with Crippen molar-refractivity contribution in [3.05, 3.63) is 47.5 Å². The number of benzene rings is 1. The molecule has 100 valence electrons. The minimum Gasteiger partial charge on any atom is -0.321 e. The van der Waals surface area contributed by atoms with Crippen molar-refractivity contribution in [2.45, 2.75) is 44.7 Å². The minimum atomic E-state index is -0.0259. The maximum Gasteiger partial charge on any atom is 0.150 e. The highest BCUT2D eigenvalue weighted by Crippen LogP contribution is 2.37. The van der Waals surface area contributed by atoms with E-state index in [1.54, 1.807) is 0 Å². The Hall–Kier alpha value is -1.68. The van der Waals surface area contributed by atoms with Crippen LogP contribution >= 0.6 is 0 Å². The molecule has 1 aromatic carbocycles. The van der Waals surface area contributed by atoms with Gasteiger partial charge in [-0.05, 0) is 38.2 Å². The van der Waals surface area contributed by atoms with Crippen molar-refractivity contribution >= 4 is 0 Å². The lowest BCUT2D eigenvalue weighted by atomic mass is 10.1. The van der Waals surface area contributed by atoms with Gasteiger partial charge in [-0.15, -0.1) is 10.2 Å². The number of aryl methyl sites for hydroxylation is 2. The summed E-state index contributed by atoms with van der Waals surface area (Å²) in [4.78, 5) is 0. The number of nitrogens with two attached hydrogens (primary N) is 1. The maximum absolute atomic E-state index is 6.30. The van der Waals surface area contributed by atoms with Gasteiger partial charge in [-0.25, -0.2) is 0 Å². The van der Waals surface area contributed by atoms with Crippen molar-refractivity contribution in [3.63, 3.8) is 0 Å². The first-order valence-electron chi connectivity index (χ1n) is 6.96. The van der Waals surface area contributed by atoms with Crippen LogP contribution in [-0.4, -0.2) is 14.8 Å². The fourth-order valence-corrected chi connectivity index (χ4v) is 2.52. The first-order chi connectivity index (χ1) is 9.25. The highest BCUT2D eigenvalue weighted by molar-refractivity contribution is 5.15. The summed E-state index contributed by atoms with van der Waals surface area (Å²) >= 11 is 0. The first kappa shape index (κ1) is 12.4. The van der Waals surface area contributed by atoms with Crippen molar-refractivity contribution < 1.29 is 0 Å². The molecule has 3 rings (SSSR count). The Morgan fingerprint density at radius 1 is 1.26 bits per heavy atom. The molecule has 0 radical (unpaired) electrons. The van der Waals surface area contributed by atoms with Gasteiger partial charge in [0.05, 0.1) is 6.04 Å². The number of rotatable bonds is 5. The van der Waals surface area contributed by atoms with Crippen LogP contribution in [0.5, 0.6) is 0 Å². The van der Waals surface area contributed by atoms with E-state index >= 15 is 0 Å². The predicted octanol–water partition coefficient (Wildman–Crippen LogP) is 2.55. The molecule has 4 heteroatoms. The fourth-order valence-electron chi connectivity index (χ4n) is 2.52. The van der Waals surface area contributed by atoms with Crippen LogP contribution in [0.4, 0.5) is 0 Å². The molecule has 1 heterocycles. The zero-order valence-electron chi connectivity index (χ0n) is 11.3. The van der Waals surface area contributed by atoms with Crippen LogP contribution < -0.4 is 5.73 Å². The van der Waals surface area contributed by atoms with Crippen molar-refractivity contribution in [1.82, 2.24) is 14.8 Å². The van der Waals surface area contributed by atoms with Crippen LogP contribution in [0.1, 0.15) is 48.6 Å². The van der Waals surface area contributed by atoms with Gasteiger partial charge in [-0.1, -0.05) is 30.3 Å². The molecule has 1 aliphatic rings. The van der Waals surface area contributed by atoms with Crippen LogP contribution in [-0.2, 0) is 6.42 Å². The molecule has 1 saturated carbocycles. The smallest absolute Gasteiger partial charge is 0.150 e. The second-order valence-electron chi connectivity index (χ2n) is 5.34. The molecule has 1 atom stereocenters. The summed E-state index contributed by atoms with van der Waals surface area (Å²) in [5, 5.41) is 8.46. The number of aromatic nitrogens is 3. The van der Waals surface area contributed by atoms with Gasteiger partial charge in [0, 0.05) is 6.04 Å². The third-order valence-electron chi connectivity index (χ3n) is 3.72. The lowest BCUT2D eigenvalue weighted by Gasteiger charge is -2.13. The number of nitrogens with zero attached hydrogens (tertiary/aromatic N) is 3. The maximum atomic E-state index is 6.30. The van der Waals surface area contributed by atoms with Gasteiger partial charge in [-0.2, -0.15) is 0 Å². The zero-order valence-corrected chi connectivity index (χ0v) is 11.3. The molecule has 2 N–H and O–H groups in total. The van der Waals surface area contributed by atoms with Crippen LogP contribution in [0.25, 0.3) is 0 Å². The molecular weight excluding hydrogens is 236 g/mol. The quantitative estimate of drug-likeness (QED) is 0.894. The molecule has 19 heavy (non-hydrogen) atoms. The van der Waals surface area contributed by atoms with E-state index in [4.69, 9.17) is 5.73 Å². The standard InChI is InChI=1S/C15H20N4/c1-11-17-18-15(19(11)13-8-9-13)14(16)10-7-12-5-3-2-4-6-12/h2-6,13-14H,7-10,16H2,1H3. The Morgan fingerprint density at radius 3 is 2.68 bits per heavy atom. The molecule has 1 unspecified atom stereocenters. The summed E-state index contributed by atoms with van der Waals surface area (Å²) in [5.74, 6) is 1.95. The van der Waals surface area contributed by atoms with Crippen LogP contribution in [0.15, 0.2) is 30.3 Å². The molecule has 0 aliphatic heterocycles. The van der Waals surface area contributed by atoms with E-state index in [0.29, 0.717) is 6.04 Å². The van der Waals surface area contributed by atoms with E-state index in [-0.39, 0.29) is 6.04 Å². The average molecular weight is 256 g/mol. The zero-order chi connectivity index (χ0) is 13.2. The van der Waals surface area contributed by atoms with Crippen LogP contribution in [0.3, 0.4) is 0 Å². The molecular formula is C15H20N4. The summed E-state index contributed by atoms with van der Waals surface area (Å²) in [6.45, 7) is 2.01. The van der Waals surface area contributed by atoms with E-state index in [0.717, 1.165) is 24.5 Å². The van der Waals surface area contributed by atoms with Gasteiger partial charge >= 0.3 is 0 Å². The SMILES string of the molecule is Cc1nnc(C(N)CCc2ccccc2)n1C1CC1. The molecule has 1 aliphatic carbocycles. The van der Waals surface area contributed by atoms with Crippen molar-refractivity contribution in [2.24, 2.45) is 5.73 Å². The topological polar surface area (TPSA) is 56.7 Å². The Labute approximate surface area is 113 Å². The van der Waals surface area contributed by atoms with E-state index in [1.165, 1.54) is 18.4 Å². The molecule has 1 aromatic heterocycles. The van der Waals surface area contributed by atoms with Gasteiger partial charge in [0.2, 0.25) is 0 Å². The van der Waals surface area contributed by atoms with E-state index in [9.17, 15) is 0 Å². The van der Waals surface area contributed by atoms with Gasteiger partial charge < -0.3 is 10.3 Å². The number of hydrogen-bond acceptors (Lipinski definition) is 3. The summed E-state index contributed by atoms with van der Waals surface area (Å²) in [7, 11) is 0. The monoisotopic (exact) mass is 256 g/mol. The lowest BCUT2D eigenvalue weighted by molar-refractivity contribution is 0.555. The normalized spacial score (nSPS) is 16.5. The Kier molecular flexibility index (Phi) is 3.34. The van der Waals surface area contributed by atoms with Crippen molar-refractivity contribution in [2.75, 3.05) is 0 Å². The molecule has 2 aromatic rings. The number of hydrogen-bond donors (Lipinski definition) is 1. The molecule has 0 saturated heterocycles. The third-order valence-corrected chi connectivity index (χ3v) is 3.72. The summed E-state index contributed by atoms with van der Waals surface area (Å²) in [6, 6.07) is 11.0.